The van der Waals surface area contributed by atoms with E-state index in [2.05, 4.69) is 157 Å². The average molecular weight is 1000 g/mol. The van der Waals surface area contributed by atoms with Crippen molar-refractivity contribution >= 4 is 38.7 Å². The zero-order valence-corrected chi connectivity index (χ0v) is 37.3. The molecule has 12 rings (SSSR count). The van der Waals surface area contributed by atoms with Gasteiger partial charge in [-0.1, -0.05) is 133 Å². The summed E-state index contributed by atoms with van der Waals surface area (Å²) in [5, 5.41) is 15.9. The second kappa shape index (κ2) is 16.2. The summed E-state index contributed by atoms with van der Waals surface area (Å²) in [6.07, 6.45) is 6.33. The molecular weight excluding hydrogens is 962 g/mol. The van der Waals surface area contributed by atoms with E-state index in [1.54, 1.807) is 0 Å². The third-order valence-electron chi connectivity index (χ3n) is 13.3. The molecule has 0 fully saturated rings. The summed E-state index contributed by atoms with van der Waals surface area (Å²) in [7, 11) is 0. The third-order valence-corrected chi connectivity index (χ3v) is 13.3. The zero-order chi connectivity index (χ0) is 41.9. The number of aromatic hydroxyl groups is 1. The van der Waals surface area contributed by atoms with Gasteiger partial charge in [-0.25, -0.2) is 4.98 Å². The van der Waals surface area contributed by atoms with Crippen molar-refractivity contribution in [2.75, 3.05) is 4.90 Å². The van der Waals surface area contributed by atoms with Crippen LogP contribution in [0.2, 0.25) is 0 Å². The first-order valence-electron chi connectivity index (χ1n) is 21.8. The van der Waals surface area contributed by atoms with Crippen molar-refractivity contribution in [2.45, 2.75) is 25.7 Å². The Morgan fingerprint density at radius 3 is 1.92 bits per heavy atom. The first-order chi connectivity index (χ1) is 31.0. The van der Waals surface area contributed by atoms with E-state index in [0.717, 1.165) is 98.1 Å². The van der Waals surface area contributed by atoms with Crippen molar-refractivity contribution < 1.29 is 26.2 Å². The Morgan fingerprint density at radius 1 is 0.484 bits per heavy atom. The average Bonchev–Trinajstić information content (AvgIpc) is 3.89. The fourth-order valence-corrected chi connectivity index (χ4v) is 10.3. The molecule has 2 aliphatic rings. The summed E-state index contributed by atoms with van der Waals surface area (Å²) in [4.78, 5) is 12.4. The number of hydrogen-bond donors (Lipinski definition) is 1. The van der Waals surface area contributed by atoms with E-state index in [1.807, 2.05) is 54.7 Å². The topological polar surface area (TPSA) is 49.2 Å². The Bertz CT molecular complexity index is 3350. The number of pyridine rings is 2. The molecule has 4 nitrogen and oxygen atoms in total. The monoisotopic (exact) mass is 1000 g/mol. The summed E-state index contributed by atoms with van der Waals surface area (Å²) in [5.41, 5.74) is 15.6. The van der Waals surface area contributed by atoms with Crippen molar-refractivity contribution in [3.05, 3.63) is 229 Å². The maximum absolute atomic E-state index is 11.5. The van der Waals surface area contributed by atoms with Gasteiger partial charge in [0.05, 0.1) is 17.1 Å². The molecule has 310 valence electrons. The minimum atomic E-state index is 0. The molecule has 0 saturated carbocycles. The third kappa shape index (κ3) is 7.09. The van der Waals surface area contributed by atoms with E-state index in [0.29, 0.717) is 0 Å². The quantitative estimate of drug-likeness (QED) is 0.128. The maximum atomic E-state index is 11.5. The molecule has 1 N–H and O–H groups in total. The fraction of sp³-hybridized carbons (Fsp3) is 0.0847. The van der Waals surface area contributed by atoms with Crippen LogP contribution in [0.3, 0.4) is 0 Å². The molecular formula is C59H42N3OPt-. The fourth-order valence-electron chi connectivity index (χ4n) is 10.3. The first-order valence-corrected chi connectivity index (χ1v) is 21.8. The Morgan fingerprint density at radius 2 is 1.14 bits per heavy atom. The number of phenolic OH excluding ortho intramolecular Hbond substituents is 1. The van der Waals surface area contributed by atoms with E-state index in [4.69, 9.17) is 9.97 Å². The van der Waals surface area contributed by atoms with Gasteiger partial charge in [-0.15, -0.1) is 29.8 Å². The Kier molecular flexibility index (Phi) is 10.1. The van der Waals surface area contributed by atoms with Crippen molar-refractivity contribution in [3.63, 3.8) is 0 Å². The van der Waals surface area contributed by atoms with Gasteiger partial charge in [0.1, 0.15) is 5.82 Å². The van der Waals surface area contributed by atoms with Gasteiger partial charge in [-0.3, -0.25) is 4.98 Å². The number of fused-ring (bicyclic) bond motifs is 5. The van der Waals surface area contributed by atoms with Gasteiger partial charge >= 0.3 is 0 Å². The number of rotatable bonds is 7. The van der Waals surface area contributed by atoms with Crippen molar-refractivity contribution in [1.29, 1.82) is 0 Å². The molecule has 10 aromatic rings. The summed E-state index contributed by atoms with van der Waals surface area (Å²) in [5.74, 6) is 0.977. The summed E-state index contributed by atoms with van der Waals surface area (Å²) in [6.45, 7) is 0. The summed E-state index contributed by atoms with van der Waals surface area (Å²) in [6, 6.07) is 71.9. The summed E-state index contributed by atoms with van der Waals surface area (Å²) >= 11 is 0. The van der Waals surface area contributed by atoms with Crippen LogP contribution in [0.15, 0.2) is 200 Å². The molecule has 0 aliphatic heterocycles. The molecule has 1 spiro atoms. The van der Waals surface area contributed by atoms with Crippen LogP contribution >= 0.6 is 0 Å². The Labute approximate surface area is 387 Å². The van der Waals surface area contributed by atoms with Crippen LogP contribution in [-0.2, 0) is 46.7 Å². The second-order valence-electron chi connectivity index (χ2n) is 17.3. The first kappa shape index (κ1) is 39.7. The van der Waals surface area contributed by atoms with Gasteiger partial charge in [-0.2, -0.15) is 0 Å². The van der Waals surface area contributed by atoms with Crippen LogP contribution in [0.5, 0.6) is 5.75 Å². The smallest absolute Gasteiger partial charge is 0.144 e. The number of phenols is 1. The predicted octanol–water partition coefficient (Wildman–Crippen LogP) is 14.3. The van der Waals surface area contributed by atoms with Gasteiger partial charge in [0.15, 0.2) is 0 Å². The number of aromatic nitrogens is 2. The maximum Gasteiger partial charge on any atom is 0.144 e. The van der Waals surface area contributed by atoms with E-state index < -0.39 is 0 Å². The van der Waals surface area contributed by atoms with Crippen LogP contribution in [0, 0.1) is 11.5 Å². The van der Waals surface area contributed by atoms with Crippen molar-refractivity contribution in [2.24, 2.45) is 5.41 Å². The minimum Gasteiger partial charge on any atom is -0.517 e. The van der Waals surface area contributed by atoms with Gasteiger partial charge in [0.25, 0.3) is 0 Å². The number of benzene rings is 8. The van der Waals surface area contributed by atoms with Crippen LogP contribution < -0.4 is 4.90 Å². The molecule has 2 heterocycles. The van der Waals surface area contributed by atoms with Crippen LogP contribution in [-0.4, -0.2) is 15.1 Å². The van der Waals surface area contributed by atoms with Crippen molar-refractivity contribution in [1.82, 2.24) is 9.97 Å². The van der Waals surface area contributed by atoms with Crippen LogP contribution in [0.4, 0.5) is 17.2 Å². The molecule has 0 atom stereocenters. The zero-order valence-electron chi connectivity index (χ0n) is 35.0. The summed E-state index contributed by atoms with van der Waals surface area (Å²) < 4.78 is 0. The van der Waals surface area contributed by atoms with Crippen LogP contribution in [0.1, 0.15) is 22.3 Å². The molecule has 0 unspecified atom stereocenters. The Hall–Kier alpha value is -7.13. The molecule has 0 radical (unpaired) electrons. The number of nitrogens with zero attached hydrogens (tertiary/aromatic N) is 3. The molecule has 8 aromatic carbocycles. The van der Waals surface area contributed by atoms with E-state index in [-0.39, 0.29) is 32.2 Å². The van der Waals surface area contributed by atoms with E-state index >= 15 is 0 Å². The van der Waals surface area contributed by atoms with Gasteiger partial charge < -0.3 is 10.0 Å². The largest absolute Gasteiger partial charge is 0.517 e. The molecule has 2 aromatic heterocycles. The number of anilines is 3. The minimum absolute atomic E-state index is 0. The van der Waals surface area contributed by atoms with Gasteiger partial charge in [0, 0.05) is 38.3 Å². The normalized spacial score (nSPS) is 13.4. The van der Waals surface area contributed by atoms with Gasteiger partial charge in [0.2, 0.25) is 0 Å². The molecule has 5 heteroatoms. The number of para-hydroxylation sites is 1. The van der Waals surface area contributed by atoms with E-state index in [9.17, 15) is 5.11 Å². The van der Waals surface area contributed by atoms with E-state index in [1.165, 1.54) is 33.4 Å². The van der Waals surface area contributed by atoms with Crippen LogP contribution in [0.25, 0.3) is 66.3 Å². The Balaban J connectivity index is 0.00000456. The SMILES string of the molecule is Oc1ccc(-c2ccc3c(c2)CC2(Cc4ccccc4C2)C3)cc1-c1[c-]c(N(c2ccccc2)c2nc(-c3ccccn3)cc3c2ccc2cc(-c4ccccc4)ccc23)ccc1.[Pt]. The second-order valence-corrected chi connectivity index (χ2v) is 17.3. The van der Waals surface area contributed by atoms with Gasteiger partial charge in [-0.05, 0) is 146 Å². The van der Waals surface area contributed by atoms with Crippen molar-refractivity contribution in [3.8, 4) is 50.5 Å². The molecule has 64 heavy (non-hydrogen) atoms. The molecule has 0 saturated heterocycles. The standard InChI is InChI=1S/C59H42N3O.Pt/c63-57-28-25-42(41-21-22-47-37-59(38-48(47)31-41)35-45-14-7-8-15-46(45)36-59)33-53(57)43-16-11-19-50(32-43)62(49-17-5-2-6-18-49)58-52-27-24-44-30-40(39-12-3-1-4-13-39)23-26-51(44)54(52)34-56(61-58)55-20-9-10-29-60-55;/h1-31,33-34,63H,35-38H2;/q-1;. The molecule has 0 amide bonds. The number of hydrogen-bond acceptors (Lipinski definition) is 4. The predicted molar refractivity (Wildman–Crippen MR) is 258 cm³/mol. The molecule has 2 aliphatic carbocycles. The molecule has 0 bridgehead atoms.